The lowest BCUT2D eigenvalue weighted by Crippen LogP contribution is -2.46. The van der Waals surface area contributed by atoms with Gasteiger partial charge >= 0.3 is 12.0 Å². The van der Waals surface area contributed by atoms with Crippen LogP contribution in [0.15, 0.2) is 24.3 Å². The molecule has 0 aromatic heterocycles. The summed E-state index contributed by atoms with van der Waals surface area (Å²) >= 11 is 0. The SMILES string of the molecule is CCc1ccccc1N1C[C@@H](C(=O)O[C@H](C(=O)NC(N)=O)C(C)C)CC1=O. The molecule has 2 rings (SSSR count). The van der Waals surface area contributed by atoms with Crippen molar-refractivity contribution < 1.29 is 23.9 Å². The minimum atomic E-state index is -1.16. The van der Waals surface area contributed by atoms with Crippen molar-refractivity contribution in [1.29, 1.82) is 0 Å². The molecule has 0 aliphatic carbocycles. The van der Waals surface area contributed by atoms with Crippen LogP contribution in [0.4, 0.5) is 10.5 Å². The maximum absolute atomic E-state index is 12.5. The number of anilines is 1. The van der Waals surface area contributed by atoms with Crippen LogP contribution in [0.3, 0.4) is 0 Å². The second-order valence-electron chi connectivity index (χ2n) is 6.84. The standard InChI is InChI=1S/C19H25N3O5/c1-4-12-7-5-6-8-14(12)22-10-13(9-15(22)23)18(25)27-16(11(2)3)17(24)21-19(20)26/h5-8,11,13,16H,4,9-10H2,1-3H3,(H3,20,21,24,26)/t13-,16-/m0/s1. The maximum Gasteiger partial charge on any atom is 0.318 e. The van der Waals surface area contributed by atoms with Crippen LogP contribution in [0.1, 0.15) is 32.8 Å². The van der Waals surface area contributed by atoms with Crippen LogP contribution in [-0.2, 0) is 25.5 Å². The van der Waals surface area contributed by atoms with E-state index in [0.29, 0.717) is 0 Å². The number of amides is 4. The minimum Gasteiger partial charge on any atom is -0.452 e. The first-order valence-electron chi connectivity index (χ1n) is 8.93. The summed E-state index contributed by atoms with van der Waals surface area (Å²) in [4.78, 5) is 49.4. The van der Waals surface area contributed by atoms with Crippen LogP contribution in [-0.4, -0.2) is 36.5 Å². The molecule has 3 N–H and O–H groups in total. The van der Waals surface area contributed by atoms with Gasteiger partial charge in [0.1, 0.15) is 0 Å². The first kappa shape index (κ1) is 20.4. The number of hydrogen-bond donors (Lipinski definition) is 2. The number of imide groups is 1. The molecule has 1 saturated heterocycles. The molecule has 4 amide bonds. The monoisotopic (exact) mass is 375 g/mol. The Bertz CT molecular complexity index is 747. The summed E-state index contributed by atoms with van der Waals surface area (Å²) in [6, 6.07) is 6.52. The van der Waals surface area contributed by atoms with Gasteiger partial charge in [0.2, 0.25) is 5.91 Å². The van der Waals surface area contributed by atoms with Gasteiger partial charge in [-0.05, 0) is 24.0 Å². The number of para-hydroxylation sites is 1. The Hall–Kier alpha value is -2.90. The number of benzene rings is 1. The van der Waals surface area contributed by atoms with Crippen molar-refractivity contribution in [3.63, 3.8) is 0 Å². The molecule has 2 atom stereocenters. The van der Waals surface area contributed by atoms with Gasteiger partial charge < -0.3 is 15.4 Å². The lowest BCUT2D eigenvalue weighted by molar-refractivity contribution is -0.161. The fraction of sp³-hybridized carbons (Fsp3) is 0.474. The fourth-order valence-electron chi connectivity index (χ4n) is 3.08. The molecule has 1 fully saturated rings. The van der Waals surface area contributed by atoms with Gasteiger partial charge in [-0.25, -0.2) is 4.79 Å². The number of aryl methyl sites for hydroxylation is 1. The van der Waals surface area contributed by atoms with E-state index in [4.69, 9.17) is 10.5 Å². The Morgan fingerprint density at radius 3 is 2.56 bits per heavy atom. The van der Waals surface area contributed by atoms with Crippen molar-refractivity contribution in [3.8, 4) is 0 Å². The number of nitrogens with zero attached hydrogens (tertiary/aromatic N) is 1. The van der Waals surface area contributed by atoms with E-state index in [1.54, 1.807) is 18.7 Å². The number of nitrogens with two attached hydrogens (primary N) is 1. The molecule has 0 unspecified atom stereocenters. The van der Waals surface area contributed by atoms with E-state index >= 15 is 0 Å². The normalized spacial score (nSPS) is 17.7. The second-order valence-corrected chi connectivity index (χ2v) is 6.84. The van der Waals surface area contributed by atoms with Gasteiger partial charge in [-0.3, -0.25) is 19.7 Å². The number of esters is 1. The summed E-state index contributed by atoms with van der Waals surface area (Å²) in [5, 5.41) is 1.92. The largest absolute Gasteiger partial charge is 0.452 e. The van der Waals surface area contributed by atoms with Crippen LogP contribution in [0.25, 0.3) is 0 Å². The van der Waals surface area contributed by atoms with Crippen LogP contribution < -0.4 is 16.0 Å². The van der Waals surface area contributed by atoms with Crippen molar-refractivity contribution >= 4 is 29.5 Å². The lowest BCUT2D eigenvalue weighted by atomic mass is 10.1. The van der Waals surface area contributed by atoms with Crippen LogP contribution in [0.5, 0.6) is 0 Å². The molecule has 27 heavy (non-hydrogen) atoms. The number of hydrogen-bond acceptors (Lipinski definition) is 5. The van der Waals surface area contributed by atoms with Gasteiger partial charge in [0.15, 0.2) is 6.10 Å². The Morgan fingerprint density at radius 2 is 1.96 bits per heavy atom. The van der Waals surface area contributed by atoms with Crippen molar-refractivity contribution in [2.45, 2.75) is 39.7 Å². The predicted octanol–water partition coefficient (Wildman–Crippen LogP) is 1.36. The summed E-state index contributed by atoms with van der Waals surface area (Å²) in [7, 11) is 0. The topological polar surface area (TPSA) is 119 Å². The van der Waals surface area contributed by atoms with E-state index in [9.17, 15) is 19.2 Å². The Morgan fingerprint density at radius 1 is 1.30 bits per heavy atom. The number of urea groups is 1. The zero-order valence-electron chi connectivity index (χ0n) is 15.7. The molecule has 0 bridgehead atoms. The highest BCUT2D eigenvalue weighted by atomic mass is 16.5. The summed E-state index contributed by atoms with van der Waals surface area (Å²) in [6.45, 7) is 5.55. The van der Waals surface area contributed by atoms with E-state index in [2.05, 4.69) is 0 Å². The molecule has 1 aromatic carbocycles. The van der Waals surface area contributed by atoms with Gasteiger partial charge in [0, 0.05) is 18.7 Å². The average molecular weight is 375 g/mol. The van der Waals surface area contributed by atoms with E-state index in [0.717, 1.165) is 17.7 Å². The van der Waals surface area contributed by atoms with E-state index < -0.39 is 29.9 Å². The zero-order valence-corrected chi connectivity index (χ0v) is 15.7. The molecular weight excluding hydrogens is 350 g/mol. The van der Waals surface area contributed by atoms with E-state index in [-0.39, 0.29) is 24.8 Å². The predicted molar refractivity (Wildman–Crippen MR) is 98.7 cm³/mol. The van der Waals surface area contributed by atoms with Crippen molar-refractivity contribution in [3.05, 3.63) is 29.8 Å². The summed E-state index contributed by atoms with van der Waals surface area (Å²) in [5.74, 6) is -2.62. The van der Waals surface area contributed by atoms with Crippen LogP contribution in [0, 0.1) is 11.8 Å². The number of carbonyl (C=O) groups is 4. The molecule has 1 aliphatic rings. The minimum absolute atomic E-state index is 0.0130. The summed E-state index contributed by atoms with van der Waals surface area (Å²) in [6.07, 6.45) is -0.381. The van der Waals surface area contributed by atoms with Crippen molar-refractivity contribution in [2.75, 3.05) is 11.4 Å². The molecule has 146 valence electrons. The quantitative estimate of drug-likeness (QED) is 0.728. The molecule has 1 heterocycles. The van der Waals surface area contributed by atoms with Crippen molar-refractivity contribution in [1.82, 2.24) is 5.32 Å². The fourth-order valence-corrected chi connectivity index (χ4v) is 3.08. The second kappa shape index (κ2) is 8.66. The maximum atomic E-state index is 12.5. The van der Waals surface area contributed by atoms with E-state index in [1.807, 2.05) is 36.5 Å². The molecular formula is C19H25N3O5. The smallest absolute Gasteiger partial charge is 0.318 e. The number of carbonyl (C=O) groups excluding carboxylic acids is 4. The first-order valence-corrected chi connectivity index (χ1v) is 8.93. The molecule has 0 saturated carbocycles. The van der Waals surface area contributed by atoms with Crippen LogP contribution in [0.2, 0.25) is 0 Å². The van der Waals surface area contributed by atoms with Gasteiger partial charge in [0.05, 0.1) is 5.92 Å². The highest BCUT2D eigenvalue weighted by Crippen LogP contribution is 2.29. The van der Waals surface area contributed by atoms with E-state index in [1.165, 1.54) is 0 Å². The number of ether oxygens (including phenoxy) is 1. The Balaban J connectivity index is 2.10. The molecule has 0 spiro atoms. The zero-order chi connectivity index (χ0) is 20.1. The average Bonchev–Trinajstić information content (AvgIpc) is 3.00. The number of rotatable bonds is 6. The van der Waals surface area contributed by atoms with Gasteiger partial charge in [-0.15, -0.1) is 0 Å². The van der Waals surface area contributed by atoms with Crippen molar-refractivity contribution in [2.24, 2.45) is 17.6 Å². The highest BCUT2D eigenvalue weighted by molar-refractivity contribution is 6.01. The Labute approximate surface area is 158 Å². The molecule has 8 heteroatoms. The molecule has 0 radical (unpaired) electrons. The number of nitrogens with one attached hydrogen (secondary N) is 1. The third kappa shape index (κ3) is 4.84. The highest BCUT2D eigenvalue weighted by Gasteiger charge is 2.39. The molecule has 1 aromatic rings. The molecule has 8 nitrogen and oxygen atoms in total. The van der Waals surface area contributed by atoms with Gasteiger partial charge in [0.25, 0.3) is 5.91 Å². The lowest BCUT2D eigenvalue weighted by Gasteiger charge is -2.22. The Kier molecular flexibility index (Phi) is 6.55. The third-order valence-corrected chi connectivity index (χ3v) is 4.48. The van der Waals surface area contributed by atoms with Gasteiger partial charge in [-0.1, -0.05) is 39.0 Å². The summed E-state index contributed by atoms with van der Waals surface area (Å²) < 4.78 is 5.31. The third-order valence-electron chi connectivity index (χ3n) is 4.48. The van der Waals surface area contributed by atoms with Crippen LogP contribution >= 0.6 is 0 Å². The molecule has 1 aliphatic heterocycles. The van der Waals surface area contributed by atoms with Gasteiger partial charge in [-0.2, -0.15) is 0 Å². The first-order chi connectivity index (χ1) is 12.7. The number of primary amides is 1. The summed E-state index contributed by atoms with van der Waals surface area (Å²) in [5.41, 5.74) is 6.75.